The number of thioether (sulfide) groups is 1. The van der Waals surface area contributed by atoms with Crippen LogP contribution in [0.4, 0.5) is 0 Å². The van der Waals surface area contributed by atoms with E-state index in [1.165, 1.54) is 11.3 Å². The fourth-order valence-electron chi connectivity index (χ4n) is 1.98. The average molecular weight is 237 g/mol. The molecule has 2 atom stereocenters. The molecule has 0 saturated carbocycles. The van der Waals surface area contributed by atoms with Crippen molar-refractivity contribution in [1.29, 1.82) is 0 Å². The summed E-state index contributed by atoms with van der Waals surface area (Å²) in [6.07, 6.45) is 0. The summed E-state index contributed by atoms with van der Waals surface area (Å²) in [5.41, 5.74) is 1.28. The van der Waals surface area contributed by atoms with Crippen LogP contribution in [0.15, 0.2) is 18.2 Å². The van der Waals surface area contributed by atoms with Crippen LogP contribution in [0.1, 0.15) is 17.9 Å². The van der Waals surface area contributed by atoms with E-state index in [0.29, 0.717) is 12.2 Å². The molecular weight excluding hydrogens is 222 g/mol. The third-order valence-corrected chi connectivity index (χ3v) is 4.43. The van der Waals surface area contributed by atoms with E-state index in [-0.39, 0.29) is 0 Å². The summed E-state index contributed by atoms with van der Waals surface area (Å²) in [6.45, 7) is 3.71. The van der Waals surface area contributed by atoms with Gasteiger partial charge in [-0.05, 0) is 35.9 Å². The summed E-state index contributed by atoms with van der Waals surface area (Å²) in [6, 6.07) is 6.20. The third kappa shape index (κ3) is 1.87. The Kier molecular flexibility index (Phi) is 2.69. The molecule has 2 aliphatic heterocycles. The predicted molar refractivity (Wildman–Crippen MR) is 64.9 cm³/mol. The van der Waals surface area contributed by atoms with Crippen LogP contribution >= 0.6 is 11.8 Å². The van der Waals surface area contributed by atoms with Gasteiger partial charge in [0.2, 0.25) is 6.79 Å². The molecule has 0 aliphatic carbocycles. The highest BCUT2D eigenvalue weighted by atomic mass is 32.2. The number of ether oxygens (including phenoxy) is 2. The minimum atomic E-state index is 0.348. The highest BCUT2D eigenvalue weighted by molar-refractivity contribution is 7.99. The standard InChI is InChI=1S/C12H15NO2S/c1-8-5-13-12(16-6-8)9-2-3-10-11(4-9)15-7-14-10/h2-4,8,12-13H,5-7H2,1H3. The largest absolute Gasteiger partial charge is 0.454 e. The number of benzene rings is 1. The predicted octanol–water partition coefficient (Wildman–Crippen LogP) is 2.39. The van der Waals surface area contributed by atoms with Crippen molar-refractivity contribution in [2.45, 2.75) is 12.3 Å². The molecule has 1 fully saturated rings. The smallest absolute Gasteiger partial charge is 0.231 e. The van der Waals surface area contributed by atoms with Gasteiger partial charge in [0.05, 0.1) is 5.37 Å². The van der Waals surface area contributed by atoms with E-state index < -0.39 is 0 Å². The van der Waals surface area contributed by atoms with Crippen LogP contribution in [-0.4, -0.2) is 19.1 Å². The van der Waals surface area contributed by atoms with Crippen molar-refractivity contribution in [3.8, 4) is 11.5 Å². The zero-order valence-electron chi connectivity index (χ0n) is 9.23. The highest BCUT2D eigenvalue weighted by Gasteiger charge is 2.22. The zero-order valence-corrected chi connectivity index (χ0v) is 10.0. The minimum absolute atomic E-state index is 0.348. The van der Waals surface area contributed by atoms with Gasteiger partial charge in [0.1, 0.15) is 0 Å². The summed E-state index contributed by atoms with van der Waals surface area (Å²) in [5, 5.41) is 3.94. The lowest BCUT2D eigenvalue weighted by molar-refractivity contribution is 0.174. The number of nitrogens with one attached hydrogen (secondary N) is 1. The van der Waals surface area contributed by atoms with Gasteiger partial charge in [-0.3, -0.25) is 0 Å². The van der Waals surface area contributed by atoms with Gasteiger partial charge in [-0.1, -0.05) is 13.0 Å². The Balaban J connectivity index is 1.79. The zero-order chi connectivity index (χ0) is 11.0. The molecule has 0 amide bonds. The lowest BCUT2D eigenvalue weighted by Gasteiger charge is -2.27. The SMILES string of the molecule is CC1CNC(c2ccc3c(c2)OCO3)SC1. The van der Waals surface area contributed by atoms with Gasteiger partial charge in [0.15, 0.2) is 11.5 Å². The molecule has 2 unspecified atom stereocenters. The van der Waals surface area contributed by atoms with Crippen LogP contribution in [0.5, 0.6) is 11.5 Å². The fraction of sp³-hybridized carbons (Fsp3) is 0.500. The molecule has 1 aromatic carbocycles. The van der Waals surface area contributed by atoms with Gasteiger partial charge in [0.25, 0.3) is 0 Å². The first-order valence-electron chi connectivity index (χ1n) is 5.57. The van der Waals surface area contributed by atoms with Crippen molar-refractivity contribution >= 4 is 11.8 Å². The number of hydrogen-bond acceptors (Lipinski definition) is 4. The Bertz CT molecular complexity index is 389. The average Bonchev–Trinajstić information content (AvgIpc) is 2.77. The second-order valence-electron chi connectivity index (χ2n) is 4.34. The van der Waals surface area contributed by atoms with Gasteiger partial charge in [0, 0.05) is 0 Å². The third-order valence-electron chi connectivity index (χ3n) is 2.90. The number of hydrogen-bond donors (Lipinski definition) is 1. The Morgan fingerprint density at radius 2 is 2.19 bits per heavy atom. The summed E-state index contributed by atoms with van der Waals surface area (Å²) in [5.74, 6) is 3.71. The molecule has 4 heteroatoms. The summed E-state index contributed by atoms with van der Waals surface area (Å²) >= 11 is 1.96. The molecule has 3 rings (SSSR count). The van der Waals surface area contributed by atoms with E-state index in [1.807, 2.05) is 17.8 Å². The Hall–Kier alpha value is -0.870. The lowest BCUT2D eigenvalue weighted by atomic mass is 10.1. The number of fused-ring (bicyclic) bond motifs is 1. The van der Waals surface area contributed by atoms with Gasteiger partial charge in [-0.2, -0.15) is 0 Å². The van der Waals surface area contributed by atoms with Crippen LogP contribution in [0.2, 0.25) is 0 Å². The first kappa shape index (κ1) is 10.3. The van der Waals surface area contributed by atoms with Gasteiger partial charge >= 0.3 is 0 Å². The summed E-state index contributed by atoms with van der Waals surface area (Å²) in [4.78, 5) is 0. The molecule has 0 spiro atoms. The minimum Gasteiger partial charge on any atom is -0.454 e. The van der Waals surface area contributed by atoms with E-state index in [1.54, 1.807) is 0 Å². The Labute approximate surface area is 99.5 Å². The monoisotopic (exact) mass is 237 g/mol. The molecule has 86 valence electrons. The van der Waals surface area contributed by atoms with Gasteiger partial charge in [-0.15, -0.1) is 11.8 Å². The van der Waals surface area contributed by atoms with E-state index >= 15 is 0 Å². The molecule has 0 aromatic heterocycles. The van der Waals surface area contributed by atoms with Crippen molar-refractivity contribution in [3.63, 3.8) is 0 Å². The van der Waals surface area contributed by atoms with E-state index in [2.05, 4.69) is 24.4 Å². The van der Waals surface area contributed by atoms with Crippen LogP contribution < -0.4 is 14.8 Å². The normalized spacial score (nSPS) is 28.1. The van der Waals surface area contributed by atoms with Crippen LogP contribution in [0.25, 0.3) is 0 Å². The van der Waals surface area contributed by atoms with Crippen LogP contribution in [0.3, 0.4) is 0 Å². The number of rotatable bonds is 1. The van der Waals surface area contributed by atoms with Crippen molar-refractivity contribution in [1.82, 2.24) is 5.32 Å². The molecule has 2 heterocycles. The maximum absolute atomic E-state index is 5.39. The van der Waals surface area contributed by atoms with E-state index in [0.717, 1.165) is 24.0 Å². The summed E-state index contributed by atoms with van der Waals surface area (Å²) < 4.78 is 10.7. The maximum Gasteiger partial charge on any atom is 0.231 e. The molecule has 0 radical (unpaired) electrons. The van der Waals surface area contributed by atoms with Crippen molar-refractivity contribution in [2.24, 2.45) is 5.92 Å². The first-order valence-corrected chi connectivity index (χ1v) is 6.62. The Morgan fingerprint density at radius 1 is 1.31 bits per heavy atom. The van der Waals surface area contributed by atoms with E-state index in [9.17, 15) is 0 Å². The second-order valence-corrected chi connectivity index (χ2v) is 5.48. The maximum atomic E-state index is 5.39. The summed E-state index contributed by atoms with van der Waals surface area (Å²) in [7, 11) is 0. The highest BCUT2D eigenvalue weighted by Crippen LogP contribution is 2.38. The van der Waals surface area contributed by atoms with Gasteiger partial charge in [-0.25, -0.2) is 0 Å². The van der Waals surface area contributed by atoms with Crippen molar-refractivity contribution in [3.05, 3.63) is 23.8 Å². The Morgan fingerprint density at radius 3 is 3.00 bits per heavy atom. The molecule has 16 heavy (non-hydrogen) atoms. The van der Waals surface area contributed by atoms with Crippen molar-refractivity contribution in [2.75, 3.05) is 19.1 Å². The fourth-order valence-corrected chi connectivity index (χ4v) is 3.17. The topological polar surface area (TPSA) is 30.5 Å². The molecule has 0 bridgehead atoms. The molecule has 1 N–H and O–H groups in total. The molecule has 1 aromatic rings. The second kappa shape index (κ2) is 4.18. The van der Waals surface area contributed by atoms with Gasteiger partial charge < -0.3 is 14.8 Å². The quantitative estimate of drug-likeness (QED) is 0.812. The van der Waals surface area contributed by atoms with Crippen molar-refractivity contribution < 1.29 is 9.47 Å². The van der Waals surface area contributed by atoms with E-state index in [4.69, 9.17) is 9.47 Å². The molecular formula is C12H15NO2S. The lowest BCUT2D eigenvalue weighted by Crippen LogP contribution is -2.31. The van der Waals surface area contributed by atoms with Crippen LogP contribution in [-0.2, 0) is 0 Å². The molecule has 3 nitrogen and oxygen atoms in total. The first-order chi connectivity index (χ1) is 7.83. The molecule has 2 aliphatic rings. The molecule has 1 saturated heterocycles. The van der Waals surface area contributed by atoms with Crippen LogP contribution in [0, 0.1) is 5.92 Å².